The number of allylic oxidation sites excluding steroid dienone is 2. The molecule has 2 aromatic carbocycles. The molecule has 170 valence electrons. The molecule has 0 aliphatic heterocycles. The summed E-state index contributed by atoms with van der Waals surface area (Å²) in [6.45, 7) is 14.4. The maximum absolute atomic E-state index is 13.2. The lowest BCUT2D eigenvalue weighted by Gasteiger charge is -2.29. The molecule has 1 heterocycles. The largest absolute Gasteiger partial charge is 0.490 e. The number of fused-ring (bicyclic) bond motifs is 1. The molecule has 0 fully saturated rings. The first-order valence-electron chi connectivity index (χ1n) is 11.1. The lowest BCUT2D eigenvalue weighted by molar-refractivity contribution is -0.104. The van der Waals surface area contributed by atoms with Crippen molar-refractivity contribution in [3.8, 4) is 16.9 Å². The van der Waals surface area contributed by atoms with Crippen molar-refractivity contribution in [3.05, 3.63) is 59.3 Å². The van der Waals surface area contributed by atoms with E-state index in [1.165, 1.54) is 5.56 Å². The van der Waals surface area contributed by atoms with Crippen molar-refractivity contribution in [2.45, 2.75) is 59.3 Å². The van der Waals surface area contributed by atoms with E-state index in [-0.39, 0.29) is 17.4 Å². The number of halogens is 1. The molecule has 0 radical (unpaired) electrons. The number of hydrogen-bond donors (Lipinski definition) is 1. The number of hydrogen-bond acceptors (Lipinski definition) is 2. The fraction of sp³-hybridized carbons (Fsp3) is 0.393. The second-order valence-electron chi connectivity index (χ2n) is 10.4. The Morgan fingerprint density at radius 2 is 1.75 bits per heavy atom. The van der Waals surface area contributed by atoms with Crippen LogP contribution in [0, 0.1) is 0 Å². The molecule has 4 heteroatoms. The van der Waals surface area contributed by atoms with Gasteiger partial charge in [-0.1, -0.05) is 53.7 Å². The molecular formula is C28H34FNO2. The summed E-state index contributed by atoms with van der Waals surface area (Å²) in [5.41, 5.74) is 6.88. The van der Waals surface area contributed by atoms with Crippen LogP contribution in [0.25, 0.3) is 27.6 Å². The minimum atomic E-state index is -0.544. The van der Waals surface area contributed by atoms with Crippen LogP contribution in [0.15, 0.2) is 42.6 Å². The van der Waals surface area contributed by atoms with Gasteiger partial charge in [0.1, 0.15) is 25.3 Å². The molecule has 3 rings (SSSR count). The highest BCUT2D eigenvalue weighted by Crippen LogP contribution is 2.45. The monoisotopic (exact) mass is 435 g/mol. The number of benzene rings is 2. The molecule has 1 aromatic heterocycles. The fourth-order valence-corrected chi connectivity index (χ4v) is 3.90. The number of carbonyl (C=O) groups excluding carboxylic acids is 1. The Kier molecular flexibility index (Phi) is 6.64. The lowest BCUT2D eigenvalue weighted by Crippen LogP contribution is -2.19. The van der Waals surface area contributed by atoms with Crippen LogP contribution in [0.2, 0.25) is 0 Å². The van der Waals surface area contributed by atoms with Crippen LogP contribution in [0.1, 0.15) is 65.2 Å². The molecule has 0 spiro atoms. The van der Waals surface area contributed by atoms with Crippen molar-refractivity contribution < 1.29 is 13.9 Å². The van der Waals surface area contributed by atoms with Crippen LogP contribution < -0.4 is 4.74 Å². The van der Waals surface area contributed by atoms with E-state index >= 15 is 0 Å². The maximum atomic E-state index is 13.2. The summed E-state index contributed by atoms with van der Waals surface area (Å²) in [5, 5.41) is 1.04. The highest BCUT2D eigenvalue weighted by molar-refractivity contribution is 5.99. The van der Waals surface area contributed by atoms with Crippen LogP contribution in [0.4, 0.5) is 4.39 Å². The van der Waals surface area contributed by atoms with E-state index in [4.69, 9.17) is 4.74 Å². The van der Waals surface area contributed by atoms with Gasteiger partial charge >= 0.3 is 0 Å². The zero-order valence-electron chi connectivity index (χ0n) is 20.2. The normalized spacial score (nSPS) is 12.9. The third kappa shape index (κ3) is 4.79. The van der Waals surface area contributed by atoms with E-state index < -0.39 is 6.67 Å². The van der Waals surface area contributed by atoms with Gasteiger partial charge in [0.25, 0.3) is 0 Å². The molecule has 0 saturated heterocycles. The quantitative estimate of drug-likeness (QED) is 0.324. The maximum Gasteiger partial charge on any atom is 0.143 e. The molecule has 3 aromatic rings. The molecule has 0 unspecified atom stereocenters. The number of aromatic amines is 1. The third-order valence-electron chi connectivity index (χ3n) is 5.83. The molecule has 0 bridgehead atoms. The zero-order chi connectivity index (χ0) is 23.7. The summed E-state index contributed by atoms with van der Waals surface area (Å²) in [7, 11) is 0. The molecular weight excluding hydrogens is 401 g/mol. The average Bonchev–Trinajstić information content (AvgIpc) is 3.13. The SMILES string of the molecule is C/C(=C\C=O)c1ccc2[nH]cc(-c3cc(C(C)(C)C)cc(C(C)(C)C)c3OCCF)c2c1. The van der Waals surface area contributed by atoms with E-state index in [9.17, 15) is 9.18 Å². The smallest absolute Gasteiger partial charge is 0.143 e. The number of carbonyl (C=O) groups is 1. The van der Waals surface area contributed by atoms with Crippen molar-refractivity contribution in [2.24, 2.45) is 0 Å². The summed E-state index contributed by atoms with van der Waals surface area (Å²) in [6, 6.07) is 10.5. The van der Waals surface area contributed by atoms with E-state index in [1.54, 1.807) is 6.08 Å². The van der Waals surface area contributed by atoms with Gasteiger partial charge in [0.05, 0.1) is 0 Å². The number of rotatable bonds is 6. The van der Waals surface area contributed by atoms with E-state index in [0.29, 0.717) is 0 Å². The molecule has 0 atom stereocenters. The van der Waals surface area contributed by atoms with Crippen LogP contribution in [0.3, 0.4) is 0 Å². The lowest BCUT2D eigenvalue weighted by atomic mass is 9.78. The minimum absolute atomic E-state index is 0.0136. The van der Waals surface area contributed by atoms with Crippen LogP contribution in [-0.4, -0.2) is 24.6 Å². The summed E-state index contributed by atoms with van der Waals surface area (Å²) >= 11 is 0. The number of alkyl halides is 1. The van der Waals surface area contributed by atoms with Gasteiger partial charge in [-0.15, -0.1) is 0 Å². The number of nitrogens with one attached hydrogen (secondary N) is 1. The standard InChI is InChI=1S/C28H34FNO2/c1-18(10-12-31)19-8-9-25-21(14-19)23(17-30-25)22-15-20(27(2,3)4)16-24(28(5,6)7)26(22)32-13-11-29/h8-10,12,14-17,30H,11,13H2,1-7H3/b18-10+. The Hall–Kier alpha value is -2.88. The van der Waals surface area contributed by atoms with Gasteiger partial charge in [0.15, 0.2) is 0 Å². The van der Waals surface area contributed by atoms with Crippen molar-refractivity contribution in [1.29, 1.82) is 0 Å². The second kappa shape index (κ2) is 8.93. The first kappa shape index (κ1) is 23.8. The van der Waals surface area contributed by atoms with Crippen molar-refractivity contribution in [1.82, 2.24) is 4.98 Å². The van der Waals surface area contributed by atoms with Crippen LogP contribution in [-0.2, 0) is 15.6 Å². The first-order valence-corrected chi connectivity index (χ1v) is 11.1. The minimum Gasteiger partial charge on any atom is -0.490 e. The molecule has 3 nitrogen and oxygen atoms in total. The number of aromatic nitrogens is 1. The molecule has 0 aliphatic carbocycles. The second-order valence-corrected chi connectivity index (χ2v) is 10.4. The van der Waals surface area contributed by atoms with Gasteiger partial charge in [-0.25, -0.2) is 4.39 Å². The van der Waals surface area contributed by atoms with Crippen LogP contribution >= 0.6 is 0 Å². The Labute approximate surface area is 190 Å². The van der Waals surface area contributed by atoms with E-state index in [2.05, 4.69) is 64.7 Å². The predicted molar refractivity (Wildman–Crippen MR) is 132 cm³/mol. The van der Waals surface area contributed by atoms with Gasteiger partial charge in [0, 0.05) is 33.8 Å². The molecule has 32 heavy (non-hydrogen) atoms. The number of ether oxygens (including phenoxy) is 1. The van der Waals surface area contributed by atoms with Gasteiger partial charge in [-0.05, 0) is 58.7 Å². The van der Waals surface area contributed by atoms with E-state index in [1.807, 2.05) is 25.3 Å². The van der Waals surface area contributed by atoms with Gasteiger partial charge in [-0.3, -0.25) is 4.79 Å². The number of H-pyrrole nitrogens is 1. The van der Waals surface area contributed by atoms with Gasteiger partial charge < -0.3 is 9.72 Å². The molecule has 0 amide bonds. The molecule has 0 saturated carbocycles. The summed E-state index contributed by atoms with van der Waals surface area (Å²) in [4.78, 5) is 14.3. The summed E-state index contributed by atoms with van der Waals surface area (Å²) in [5.74, 6) is 0.731. The van der Waals surface area contributed by atoms with Gasteiger partial charge in [0.2, 0.25) is 0 Å². The highest BCUT2D eigenvalue weighted by Gasteiger charge is 2.27. The molecule has 0 aliphatic rings. The highest BCUT2D eigenvalue weighted by atomic mass is 19.1. The Balaban J connectivity index is 2.36. The summed E-state index contributed by atoms with van der Waals surface area (Å²) in [6.07, 6.45) is 4.37. The average molecular weight is 436 g/mol. The van der Waals surface area contributed by atoms with Gasteiger partial charge in [-0.2, -0.15) is 0 Å². The van der Waals surface area contributed by atoms with Crippen molar-refractivity contribution in [3.63, 3.8) is 0 Å². The third-order valence-corrected chi connectivity index (χ3v) is 5.83. The van der Waals surface area contributed by atoms with Crippen molar-refractivity contribution in [2.75, 3.05) is 13.3 Å². The van der Waals surface area contributed by atoms with E-state index in [0.717, 1.165) is 50.8 Å². The number of aldehydes is 1. The summed E-state index contributed by atoms with van der Waals surface area (Å²) < 4.78 is 19.2. The fourth-order valence-electron chi connectivity index (χ4n) is 3.90. The van der Waals surface area contributed by atoms with Crippen molar-refractivity contribution >= 4 is 22.8 Å². The Morgan fingerprint density at radius 3 is 2.34 bits per heavy atom. The topological polar surface area (TPSA) is 42.1 Å². The predicted octanol–water partition coefficient (Wildman–Crippen LogP) is 7.38. The van der Waals surface area contributed by atoms with Crippen LogP contribution in [0.5, 0.6) is 5.75 Å². The first-order chi connectivity index (χ1) is 15.0. The Morgan fingerprint density at radius 1 is 1.03 bits per heavy atom. The Bertz CT molecular complexity index is 1160. The molecule has 1 N–H and O–H groups in total. The zero-order valence-corrected chi connectivity index (χ0v) is 20.2.